The second-order valence-electron chi connectivity index (χ2n) is 6.99. The molecule has 1 N–H and O–H groups in total. The molecule has 1 aromatic heterocycles. The van der Waals surface area contributed by atoms with Crippen LogP contribution in [0.2, 0.25) is 0 Å². The third kappa shape index (κ3) is 4.11. The molecule has 2 aromatic rings. The number of nitrogens with zero attached hydrogens (tertiary/aromatic N) is 2. The molecule has 1 aliphatic heterocycles. The molecule has 2 heterocycles. The summed E-state index contributed by atoms with van der Waals surface area (Å²) in [5, 5.41) is 2.74. The molecule has 138 valence electrons. The van der Waals surface area contributed by atoms with Gasteiger partial charge in [-0.1, -0.05) is 19.9 Å². The number of carbonyl (C=O) groups is 1. The third-order valence-electron chi connectivity index (χ3n) is 4.51. The SMILES string of the molecule is CC1CC(C)CN(S(=O)(=O)c2cccc(C(=O)Nc3ccncc3)c2)C1. The molecule has 26 heavy (non-hydrogen) atoms. The Morgan fingerprint density at radius 3 is 2.42 bits per heavy atom. The highest BCUT2D eigenvalue weighted by molar-refractivity contribution is 7.89. The Labute approximate surface area is 154 Å². The average molecular weight is 373 g/mol. The van der Waals surface area contributed by atoms with Crippen LogP contribution < -0.4 is 5.32 Å². The highest BCUT2D eigenvalue weighted by atomic mass is 32.2. The van der Waals surface area contributed by atoms with E-state index < -0.39 is 10.0 Å². The van der Waals surface area contributed by atoms with Crippen LogP contribution in [-0.2, 0) is 10.0 Å². The zero-order chi connectivity index (χ0) is 18.7. The largest absolute Gasteiger partial charge is 0.322 e. The lowest BCUT2D eigenvalue weighted by Gasteiger charge is -2.34. The van der Waals surface area contributed by atoms with Crippen LogP contribution in [0.4, 0.5) is 5.69 Å². The normalized spacial score (nSPS) is 21.3. The molecular weight excluding hydrogens is 350 g/mol. The van der Waals surface area contributed by atoms with Crippen LogP contribution in [0.3, 0.4) is 0 Å². The number of rotatable bonds is 4. The quantitative estimate of drug-likeness (QED) is 0.893. The fourth-order valence-electron chi connectivity index (χ4n) is 3.39. The summed E-state index contributed by atoms with van der Waals surface area (Å²) in [5.41, 5.74) is 0.915. The predicted molar refractivity (Wildman–Crippen MR) is 100 cm³/mol. The third-order valence-corrected chi connectivity index (χ3v) is 6.34. The van der Waals surface area contributed by atoms with Crippen molar-refractivity contribution in [1.29, 1.82) is 0 Å². The summed E-state index contributed by atoms with van der Waals surface area (Å²) in [6.07, 6.45) is 4.19. The zero-order valence-electron chi connectivity index (χ0n) is 14.9. The summed E-state index contributed by atoms with van der Waals surface area (Å²) in [6.45, 7) is 5.16. The molecule has 2 unspecified atom stereocenters. The maximum Gasteiger partial charge on any atom is 0.255 e. The van der Waals surface area contributed by atoms with E-state index in [0.29, 0.717) is 36.2 Å². The van der Waals surface area contributed by atoms with E-state index in [1.165, 1.54) is 10.4 Å². The van der Waals surface area contributed by atoms with Crippen molar-refractivity contribution in [2.24, 2.45) is 11.8 Å². The van der Waals surface area contributed by atoms with Gasteiger partial charge >= 0.3 is 0 Å². The summed E-state index contributed by atoms with van der Waals surface area (Å²) in [7, 11) is -3.61. The molecule has 1 aromatic carbocycles. The van der Waals surface area contributed by atoms with E-state index in [2.05, 4.69) is 24.1 Å². The lowest BCUT2D eigenvalue weighted by atomic mass is 9.94. The van der Waals surface area contributed by atoms with Crippen molar-refractivity contribution < 1.29 is 13.2 Å². The highest BCUT2D eigenvalue weighted by Crippen LogP contribution is 2.27. The van der Waals surface area contributed by atoms with Crippen LogP contribution in [0.5, 0.6) is 0 Å². The van der Waals surface area contributed by atoms with Gasteiger partial charge < -0.3 is 5.32 Å². The Balaban J connectivity index is 1.83. The number of aromatic nitrogens is 1. The van der Waals surface area contributed by atoms with Crippen molar-refractivity contribution in [1.82, 2.24) is 9.29 Å². The first kappa shape index (κ1) is 18.5. The van der Waals surface area contributed by atoms with Crippen LogP contribution in [0, 0.1) is 11.8 Å². The molecule has 0 spiro atoms. The van der Waals surface area contributed by atoms with Gasteiger partial charge in [-0.15, -0.1) is 0 Å². The number of hydrogen-bond acceptors (Lipinski definition) is 4. The van der Waals surface area contributed by atoms with Crippen LogP contribution >= 0.6 is 0 Å². The lowest BCUT2D eigenvalue weighted by molar-refractivity contribution is 0.102. The first-order valence-electron chi connectivity index (χ1n) is 8.68. The van der Waals surface area contributed by atoms with Crippen LogP contribution in [0.1, 0.15) is 30.6 Å². The number of hydrogen-bond donors (Lipinski definition) is 1. The van der Waals surface area contributed by atoms with Gasteiger partial charge in [0.05, 0.1) is 4.90 Å². The number of amides is 1. The maximum absolute atomic E-state index is 13.0. The molecule has 0 bridgehead atoms. The molecule has 0 saturated carbocycles. The van der Waals surface area contributed by atoms with E-state index in [9.17, 15) is 13.2 Å². The molecule has 3 rings (SSSR count). The molecule has 1 aliphatic rings. The molecule has 0 radical (unpaired) electrons. The van der Waals surface area contributed by atoms with E-state index >= 15 is 0 Å². The monoisotopic (exact) mass is 373 g/mol. The fourth-order valence-corrected chi connectivity index (χ4v) is 5.11. The van der Waals surface area contributed by atoms with Crippen LogP contribution in [0.15, 0.2) is 53.7 Å². The van der Waals surface area contributed by atoms with Gasteiger partial charge in [0, 0.05) is 36.7 Å². The molecule has 7 heteroatoms. The molecule has 2 atom stereocenters. The second-order valence-corrected chi connectivity index (χ2v) is 8.92. The fraction of sp³-hybridized carbons (Fsp3) is 0.368. The predicted octanol–water partition coefficient (Wildman–Crippen LogP) is 3.00. The van der Waals surface area contributed by atoms with Gasteiger partial charge in [0.25, 0.3) is 5.91 Å². The number of piperidine rings is 1. The zero-order valence-corrected chi connectivity index (χ0v) is 15.7. The van der Waals surface area contributed by atoms with Crippen LogP contribution in [-0.4, -0.2) is 36.7 Å². The van der Waals surface area contributed by atoms with E-state index in [4.69, 9.17) is 0 Å². The Bertz CT molecular complexity index is 874. The second kappa shape index (κ2) is 7.55. The molecular formula is C19H23N3O3S. The van der Waals surface area contributed by atoms with E-state index in [1.54, 1.807) is 42.7 Å². The summed E-state index contributed by atoms with van der Waals surface area (Å²) in [5.74, 6) is 0.298. The molecule has 6 nitrogen and oxygen atoms in total. The van der Waals surface area contributed by atoms with Crippen molar-refractivity contribution in [2.45, 2.75) is 25.2 Å². The van der Waals surface area contributed by atoms with Gasteiger partial charge in [0.15, 0.2) is 0 Å². The molecule has 0 aliphatic carbocycles. The van der Waals surface area contributed by atoms with E-state index in [1.807, 2.05) is 0 Å². The molecule has 1 saturated heterocycles. The number of carbonyl (C=O) groups excluding carboxylic acids is 1. The minimum Gasteiger partial charge on any atom is -0.322 e. The summed E-state index contributed by atoms with van der Waals surface area (Å²) in [6, 6.07) is 9.55. The maximum atomic E-state index is 13.0. The van der Waals surface area contributed by atoms with Gasteiger partial charge in [-0.25, -0.2) is 8.42 Å². The Morgan fingerprint density at radius 2 is 1.77 bits per heavy atom. The topological polar surface area (TPSA) is 79.4 Å². The van der Waals surface area contributed by atoms with Gasteiger partial charge in [0.2, 0.25) is 10.0 Å². The number of anilines is 1. The van der Waals surface area contributed by atoms with Gasteiger partial charge in [-0.3, -0.25) is 9.78 Å². The Hall–Kier alpha value is -2.25. The summed E-state index contributed by atoms with van der Waals surface area (Å²) < 4.78 is 27.5. The van der Waals surface area contributed by atoms with Gasteiger partial charge in [-0.05, 0) is 48.6 Å². The number of pyridine rings is 1. The summed E-state index contributed by atoms with van der Waals surface area (Å²) in [4.78, 5) is 16.5. The van der Waals surface area contributed by atoms with Crippen molar-refractivity contribution in [3.63, 3.8) is 0 Å². The van der Waals surface area contributed by atoms with Crippen molar-refractivity contribution in [2.75, 3.05) is 18.4 Å². The first-order chi connectivity index (χ1) is 12.4. The first-order valence-corrected chi connectivity index (χ1v) is 10.1. The number of nitrogens with one attached hydrogen (secondary N) is 1. The smallest absolute Gasteiger partial charge is 0.255 e. The number of sulfonamides is 1. The van der Waals surface area contributed by atoms with Gasteiger partial charge in [0.1, 0.15) is 0 Å². The van der Waals surface area contributed by atoms with Crippen molar-refractivity contribution in [3.8, 4) is 0 Å². The highest BCUT2D eigenvalue weighted by Gasteiger charge is 2.31. The minimum absolute atomic E-state index is 0.154. The Kier molecular flexibility index (Phi) is 5.38. The summed E-state index contributed by atoms with van der Waals surface area (Å²) >= 11 is 0. The van der Waals surface area contributed by atoms with Gasteiger partial charge in [-0.2, -0.15) is 4.31 Å². The van der Waals surface area contributed by atoms with Crippen molar-refractivity contribution in [3.05, 3.63) is 54.4 Å². The van der Waals surface area contributed by atoms with Crippen LogP contribution in [0.25, 0.3) is 0 Å². The number of benzene rings is 1. The molecule has 1 fully saturated rings. The lowest BCUT2D eigenvalue weighted by Crippen LogP contribution is -2.42. The van der Waals surface area contributed by atoms with Crippen molar-refractivity contribution >= 4 is 21.6 Å². The van der Waals surface area contributed by atoms with E-state index in [0.717, 1.165) is 6.42 Å². The minimum atomic E-state index is -3.61. The molecule has 1 amide bonds. The standard InChI is InChI=1S/C19H23N3O3S/c1-14-10-15(2)13-22(12-14)26(24,25)18-5-3-4-16(11-18)19(23)21-17-6-8-20-9-7-17/h3-9,11,14-15H,10,12-13H2,1-2H3,(H,20,21,23). The Morgan fingerprint density at radius 1 is 1.12 bits per heavy atom. The van der Waals surface area contributed by atoms with E-state index in [-0.39, 0.29) is 10.8 Å². The average Bonchev–Trinajstić information content (AvgIpc) is 2.62.